The van der Waals surface area contributed by atoms with E-state index in [0.717, 1.165) is 30.7 Å². The molecule has 1 aromatic rings. The van der Waals surface area contributed by atoms with Gasteiger partial charge in [-0.1, -0.05) is 20.8 Å². The van der Waals surface area contributed by atoms with E-state index in [2.05, 4.69) is 41.8 Å². The van der Waals surface area contributed by atoms with Crippen LogP contribution < -0.4 is 5.32 Å². The van der Waals surface area contributed by atoms with Crippen LogP contribution >= 0.6 is 0 Å². The molecule has 3 heteroatoms. The van der Waals surface area contributed by atoms with Crippen molar-refractivity contribution in [2.24, 2.45) is 11.8 Å². The van der Waals surface area contributed by atoms with E-state index in [9.17, 15) is 0 Å². The molecule has 1 fully saturated rings. The second kappa shape index (κ2) is 5.56. The van der Waals surface area contributed by atoms with Crippen molar-refractivity contribution in [2.45, 2.75) is 59.0 Å². The second-order valence-corrected chi connectivity index (χ2v) is 5.59. The van der Waals surface area contributed by atoms with Gasteiger partial charge < -0.3 is 9.88 Å². The van der Waals surface area contributed by atoms with Gasteiger partial charge in [0.15, 0.2) is 0 Å². The van der Waals surface area contributed by atoms with E-state index in [1.54, 1.807) is 0 Å². The molecule has 1 saturated carbocycles. The predicted molar refractivity (Wildman–Crippen MR) is 72.1 cm³/mol. The van der Waals surface area contributed by atoms with Gasteiger partial charge in [-0.05, 0) is 37.5 Å². The van der Waals surface area contributed by atoms with Crippen molar-refractivity contribution < 1.29 is 0 Å². The number of anilines is 1. The fourth-order valence-corrected chi connectivity index (χ4v) is 2.92. The molecule has 3 nitrogen and oxygen atoms in total. The first-order valence-electron chi connectivity index (χ1n) is 6.98. The lowest BCUT2D eigenvalue weighted by Gasteiger charge is -2.33. The average molecular weight is 235 g/mol. The molecular weight excluding hydrogens is 210 g/mol. The van der Waals surface area contributed by atoms with Gasteiger partial charge in [0, 0.05) is 25.0 Å². The average Bonchev–Trinajstić information content (AvgIpc) is 2.71. The van der Waals surface area contributed by atoms with Crippen molar-refractivity contribution in [3.63, 3.8) is 0 Å². The first kappa shape index (κ1) is 12.5. The Morgan fingerprint density at radius 2 is 2.24 bits per heavy atom. The number of aromatic nitrogens is 2. The standard InChI is InChI=1S/C14H25N3/c1-4-8-17-9-7-15-14(17)16-13-6-5-11(2)10-12(13)3/h7,9,11-13H,4-6,8,10H2,1-3H3,(H,15,16). The minimum absolute atomic E-state index is 0.601. The Kier molecular flexibility index (Phi) is 4.08. The lowest BCUT2D eigenvalue weighted by atomic mass is 9.80. The first-order chi connectivity index (χ1) is 8.20. The van der Waals surface area contributed by atoms with Crippen molar-refractivity contribution in [1.29, 1.82) is 0 Å². The van der Waals surface area contributed by atoms with Gasteiger partial charge in [0.25, 0.3) is 0 Å². The minimum Gasteiger partial charge on any atom is -0.353 e. The molecule has 0 spiro atoms. The zero-order valence-electron chi connectivity index (χ0n) is 11.3. The van der Waals surface area contributed by atoms with Gasteiger partial charge in [-0.2, -0.15) is 0 Å². The Bertz CT molecular complexity index is 345. The molecule has 1 aliphatic rings. The molecule has 0 saturated heterocycles. The van der Waals surface area contributed by atoms with E-state index in [4.69, 9.17) is 0 Å². The van der Waals surface area contributed by atoms with Gasteiger partial charge in [0.05, 0.1) is 0 Å². The molecular formula is C14H25N3. The zero-order valence-corrected chi connectivity index (χ0v) is 11.3. The van der Waals surface area contributed by atoms with E-state index in [1.165, 1.54) is 19.3 Å². The lowest BCUT2D eigenvalue weighted by molar-refractivity contribution is 0.275. The smallest absolute Gasteiger partial charge is 0.202 e. The molecule has 2 rings (SSSR count). The monoisotopic (exact) mass is 235 g/mol. The van der Waals surface area contributed by atoms with Crippen LogP contribution in [0.2, 0.25) is 0 Å². The van der Waals surface area contributed by atoms with E-state index >= 15 is 0 Å². The number of nitrogens with one attached hydrogen (secondary N) is 1. The molecule has 96 valence electrons. The molecule has 1 aliphatic carbocycles. The maximum Gasteiger partial charge on any atom is 0.202 e. The van der Waals surface area contributed by atoms with E-state index in [-0.39, 0.29) is 0 Å². The highest BCUT2D eigenvalue weighted by molar-refractivity contribution is 5.28. The number of nitrogens with zero attached hydrogens (tertiary/aromatic N) is 2. The molecule has 0 amide bonds. The van der Waals surface area contributed by atoms with Gasteiger partial charge in [-0.15, -0.1) is 0 Å². The third kappa shape index (κ3) is 3.02. The van der Waals surface area contributed by atoms with Crippen LogP contribution in [-0.4, -0.2) is 15.6 Å². The van der Waals surface area contributed by atoms with Crippen LogP contribution in [-0.2, 0) is 6.54 Å². The molecule has 1 N–H and O–H groups in total. The Hall–Kier alpha value is -0.990. The van der Waals surface area contributed by atoms with E-state index < -0.39 is 0 Å². The Morgan fingerprint density at radius 3 is 2.94 bits per heavy atom. The zero-order chi connectivity index (χ0) is 12.3. The summed E-state index contributed by atoms with van der Waals surface area (Å²) in [6.45, 7) is 7.99. The summed E-state index contributed by atoms with van der Waals surface area (Å²) in [6.07, 6.45) is 9.09. The minimum atomic E-state index is 0.601. The maximum absolute atomic E-state index is 4.43. The van der Waals surface area contributed by atoms with E-state index in [0.29, 0.717) is 6.04 Å². The summed E-state index contributed by atoms with van der Waals surface area (Å²) in [5, 5.41) is 3.64. The van der Waals surface area contributed by atoms with Gasteiger partial charge in [0.1, 0.15) is 0 Å². The normalized spacial score (nSPS) is 29.2. The summed E-state index contributed by atoms with van der Waals surface area (Å²) in [4.78, 5) is 4.43. The fourth-order valence-electron chi connectivity index (χ4n) is 2.92. The summed E-state index contributed by atoms with van der Waals surface area (Å²) in [5.74, 6) is 2.70. The van der Waals surface area contributed by atoms with Crippen LogP contribution in [0.4, 0.5) is 5.95 Å². The third-order valence-corrected chi connectivity index (χ3v) is 3.93. The van der Waals surface area contributed by atoms with Gasteiger partial charge in [0.2, 0.25) is 5.95 Å². The Morgan fingerprint density at radius 1 is 1.41 bits per heavy atom. The fraction of sp³-hybridized carbons (Fsp3) is 0.786. The number of hydrogen-bond acceptors (Lipinski definition) is 2. The molecule has 1 aromatic heterocycles. The highest BCUT2D eigenvalue weighted by Crippen LogP contribution is 2.30. The Labute approximate surface area is 105 Å². The summed E-state index contributed by atoms with van der Waals surface area (Å²) in [5.41, 5.74) is 0. The molecule has 0 aromatic carbocycles. The van der Waals surface area contributed by atoms with Crippen LogP contribution in [0.3, 0.4) is 0 Å². The molecule has 0 radical (unpaired) electrons. The molecule has 3 unspecified atom stereocenters. The van der Waals surface area contributed by atoms with Crippen LogP contribution in [0.15, 0.2) is 12.4 Å². The third-order valence-electron chi connectivity index (χ3n) is 3.93. The molecule has 0 bridgehead atoms. The SMILES string of the molecule is CCCn1ccnc1NC1CCC(C)CC1C. The van der Waals surface area contributed by atoms with Crippen LogP contribution in [0.1, 0.15) is 46.5 Å². The van der Waals surface area contributed by atoms with Crippen molar-refractivity contribution >= 4 is 5.95 Å². The molecule has 0 aliphatic heterocycles. The Balaban J connectivity index is 1.97. The van der Waals surface area contributed by atoms with Crippen LogP contribution in [0.25, 0.3) is 0 Å². The van der Waals surface area contributed by atoms with Gasteiger partial charge in [-0.3, -0.25) is 0 Å². The summed E-state index contributed by atoms with van der Waals surface area (Å²) < 4.78 is 2.23. The highest BCUT2D eigenvalue weighted by atomic mass is 15.2. The highest BCUT2D eigenvalue weighted by Gasteiger charge is 2.25. The largest absolute Gasteiger partial charge is 0.353 e. The predicted octanol–water partition coefficient (Wildman–Crippen LogP) is 3.53. The molecule has 17 heavy (non-hydrogen) atoms. The van der Waals surface area contributed by atoms with E-state index in [1.807, 2.05) is 6.20 Å². The van der Waals surface area contributed by atoms with Crippen molar-refractivity contribution in [3.05, 3.63) is 12.4 Å². The number of aryl methyl sites for hydroxylation is 1. The van der Waals surface area contributed by atoms with Crippen LogP contribution in [0, 0.1) is 11.8 Å². The van der Waals surface area contributed by atoms with Crippen LogP contribution in [0.5, 0.6) is 0 Å². The van der Waals surface area contributed by atoms with Gasteiger partial charge in [-0.25, -0.2) is 4.98 Å². The quantitative estimate of drug-likeness (QED) is 0.865. The summed E-state index contributed by atoms with van der Waals surface area (Å²) in [6, 6.07) is 0.601. The number of hydrogen-bond donors (Lipinski definition) is 1. The first-order valence-corrected chi connectivity index (χ1v) is 6.98. The van der Waals surface area contributed by atoms with Crippen molar-refractivity contribution in [2.75, 3.05) is 5.32 Å². The lowest BCUT2D eigenvalue weighted by Crippen LogP contribution is -2.34. The maximum atomic E-state index is 4.43. The second-order valence-electron chi connectivity index (χ2n) is 5.59. The number of imidazole rings is 1. The topological polar surface area (TPSA) is 29.9 Å². The van der Waals surface area contributed by atoms with Crippen molar-refractivity contribution in [1.82, 2.24) is 9.55 Å². The molecule has 3 atom stereocenters. The summed E-state index contributed by atoms with van der Waals surface area (Å²) >= 11 is 0. The number of rotatable bonds is 4. The summed E-state index contributed by atoms with van der Waals surface area (Å²) in [7, 11) is 0. The van der Waals surface area contributed by atoms with Gasteiger partial charge >= 0.3 is 0 Å². The van der Waals surface area contributed by atoms with Crippen molar-refractivity contribution in [3.8, 4) is 0 Å². The molecule has 1 heterocycles.